The van der Waals surface area contributed by atoms with Gasteiger partial charge in [-0.3, -0.25) is 0 Å². The van der Waals surface area contributed by atoms with Crippen molar-refractivity contribution in [3.8, 4) is 0 Å². The maximum absolute atomic E-state index is 10.9. The molecule has 1 N–H and O–H groups in total. The van der Waals surface area contributed by atoms with Gasteiger partial charge < -0.3 is 5.32 Å². The molecule has 0 amide bonds. The Morgan fingerprint density at radius 2 is 2.40 bits per heavy atom. The van der Waals surface area contributed by atoms with Crippen molar-refractivity contribution < 1.29 is 4.39 Å². The van der Waals surface area contributed by atoms with Crippen LogP contribution in [0.3, 0.4) is 0 Å². The van der Waals surface area contributed by atoms with Crippen LogP contribution in [-0.4, -0.2) is 20.3 Å². The fraction of sp³-hybridized carbons (Fsp3) is 1.00. The van der Waals surface area contributed by atoms with E-state index in [4.69, 9.17) is 0 Å². The molecule has 0 atom stereocenters. The van der Waals surface area contributed by atoms with E-state index in [1.54, 1.807) is 7.05 Å². The maximum Gasteiger partial charge on any atom is 0.102 e. The topological polar surface area (TPSA) is 12.0 Å². The van der Waals surface area contributed by atoms with Crippen LogP contribution >= 0.6 is 0 Å². The molecule has 0 fully saturated rings. The molecule has 0 rings (SSSR count). The number of hydrogen-bond acceptors (Lipinski definition) is 1. The van der Waals surface area contributed by atoms with Crippen molar-refractivity contribution in [1.82, 2.24) is 5.32 Å². The van der Waals surface area contributed by atoms with Gasteiger partial charge in [-0.2, -0.15) is 0 Å². The van der Waals surface area contributed by atoms with Crippen LogP contribution in [0.1, 0.15) is 0 Å². The molecule has 0 aliphatic heterocycles. The Morgan fingerprint density at radius 3 is 2.40 bits per heavy atom. The fourth-order valence-electron chi connectivity index (χ4n) is 0.0945. The van der Waals surface area contributed by atoms with E-state index in [0.29, 0.717) is 6.54 Å². The Balaban J connectivity index is 2.19. The molecule has 0 spiro atoms. The molecule has 2 heteroatoms. The van der Waals surface area contributed by atoms with Crippen molar-refractivity contribution in [3.63, 3.8) is 0 Å². The van der Waals surface area contributed by atoms with Gasteiger partial charge in [0.15, 0.2) is 0 Å². The zero-order chi connectivity index (χ0) is 4.12. The zero-order valence-corrected chi connectivity index (χ0v) is 3.29. The second-order valence-corrected chi connectivity index (χ2v) is 0.793. The summed E-state index contributed by atoms with van der Waals surface area (Å²) < 4.78 is 10.9. The lowest BCUT2D eigenvalue weighted by Crippen LogP contribution is -2.08. The molecule has 0 saturated carbocycles. The van der Waals surface area contributed by atoms with Crippen LogP contribution < -0.4 is 5.32 Å². The highest BCUT2D eigenvalue weighted by Crippen LogP contribution is 1.55. The largest absolute Gasteiger partial charge is 0.317 e. The number of nitrogens with one attached hydrogen (secondary N) is 1. The summed E-state index contributed by atoms with van der Waals surface area (Å²) in [6.45, 7) is 0.205. The number of alkyl halides is 1. The van der Waals surface area contributed by atoms with E-state index < -0.39 is 0 Å². The third-order valence-corrected chi connectivity index (χ3v) is 0.344. The average molecular weight is 76.1 g/mol. The Hall–Kier alpha value is -0.110. The highest BCUT2D eigenvalue weighted by atomic mass is 18.2. The number of rotatable bonds is 2. The van der Waals surface area contributed by atoms with E-state index in [-0.39, 0.29) is 6.67 Å². The van der Waals surface area contributed by atoms with Crippen LogP contribution in [0.15, 0.2) is 0 Å². The highest BCUT2D eigenvalue weighted by Gasteiger charge is 1.68. The van der Waals surface area contributed by atoms with Crippen LogP contribution in [0.4, 0.5) is 4.39 Å². The van der Waals surface area contributed by atoms with Crippen molar-refractivity contribution in [2.75, 3.05) is 20.3 Å². The predicted molar refractivity (Wildman–Crippen MR) is 19.9 cm³/mol. The van der Waals surface area contributed by atoms with Crippen LogP contribution in [0.25, 0.3) is 0 Å². The van der Waals surface area contributed by atoms with Crippen molar-refractivity contribution >= 4 is 0 Å². The molecular formula is C3H8FN. The summed E-state index contributed by atoms with van der Waals surface area (Å²) in [5.41, 5.74) is 0. The number of halogens is 1. The number of hydrogen-bond donors (Lipinski definition) is 1. The van der Waals surface area contributed by atoms with Crippen LogP contribution in [-0.2, 0) is 0 Å². The van der Waals surface area contributed by atoms with Crippen LogP contribution in [0.5, 0.6) is 0 Å². The zero-order valence-electron chi connectivity index (χ0n) is 3.29. The minimum absolute atomic E-state index is 0.267. The van der Waals surface area contributed by atoms with Gasteiger partial charge in [0.1, 0.15) is 6.67 Å². The first kappa shape index (κ1) is 4.89. The van der Waals surface area contributed by atoms with Gasteiger partial charge in [-0.1, -0.05) is 0 Å². The quantitative estimate of drug-likeness (QED) is 0.494. The third-order valence-electron chi connectivity index (χ3n) is 0.344. The second-order valence-electron chi connectivity index (χ2n) is 0.793. The molecular weight excluding hydrogens is 68.0 g/mol. The second kappa shape index (κ2) is 3.89. The van der Waals surface area contributed by atoms with Crippen molar-refractivity contribution in [2.24, 2.45) is 0 Å². The first-order chi connectivity index (χ1) is 2.41. The minimum Gasteiger partial charge on any atom is -0.317 e. The molecule has 0 aromatic rings. The first-order valence-corrected chi connectivity index (χ1v) is 1.62. The molecule has 0 saturated heterocycles. The monoisotopic (exact) mass is 76.1 g/mol. The Labute approximate surface area is 31.2 Å². The molecule has 0 heterocycles. The van der Waals surface area contributed by atoms with Gasteiger partial charge in [-0.25, -0.2) is 4.39 Å². The summed E-state index contributed by atoms with van der Waals surface area (Å²) in [5.74, 6) is 0. The van der Waals surface area contributed by atoms with Crippen LogP contribution in [0.2, 0.25) is 0 Å². The van der Waals surface area contributed by atoms with Gasteiger partial charge in [0.2, 0.25) is 0 Å². The molecule has 0 aliphatic rings. The Bertz CT molecular complexity index is 14.4. The maximum atomic E-state index is 10.9. The summed E-state index contributed by atoms with van der Waals surface area (Å²) in [7, 11) is 1.72. The summed E-state index contributed by atoms with van der Waals surface area (Å²) in [6, 6.07) is 0. The molecule has 0 bridgehead atoms. The van der Waals surface area contributed by atoms with E-state index in [9.17, 15) is 4.39 Å². The molecule has 0 aliphatic carbocycles. The summed E-state index contributed by atoms with van der Waals surface area (Å²) in [5, 5.41) is 2.64. The highest BCUT2D eigenvalue weighted by molar-refractivity contribution is 4.28. The lowest BCUT2D eigenvalue weighted by Gasteiger charge is -1.82. The van der Waals surface area contributed by atoms with Gasteiger partial charge >= 0.3 is 0 Å². The Kier molecular flexibility index (Phi) is 3.80. The molecule has 0 aromatic heterocycles. The average Bonchev–Trinajstić information content (AvgIpc) is 1.41. The molecule has 32 valence electrons. The lowest BCUT2D eigenvalue weighted by molar-refractivity contribution is 0.481. The molecule has 0 aromatic carbocycles. The molecule has 1 nitrogen and oxygen atoms in total. The van der Waals surface area contributed by atoms with Gasteiger partial charge in [0.05, 0.1) is 0 Å². The summed E-state index contributed by atoms with van der Waals surface area (Å²) in [4.78, 5) is 0. The smallest absolute Gasteiger partial charge is 0.102 e. The van der Waals surface area contributed by atoms with Crippen LogP contribution in [0, 0.1) is 0 Å². The van der Waals surface area contributed by atoms with E-state index in [0.717, 1.165) is 0 Å². The summed E-state index contributed by atoms with van der Waals surface area (Å²) in [6.07, 6.45) is 0. The molecule has 5 heavy (non-hydrogen) atoms. The van der Waals surface area contributed by atoms with Gasteiger partial charge in [0.25, 0.3) is 0 Å². The van der Waals surface area contributed by atoms with Gasteiger partial charge in [-0.15, -0.1) is 0 Å². The van der Waals surface area contributed by atoms with Crippen molar-refractivity contribution in [2.45, 2.75) is 0 Å². The predicted octanol–water partition coefficient (Wildman–Crippen LogP) is 0.175. The lowest BCUT2D eigenvalue weighted by atomic mass is 10.7. The minimum atomic E-state index is -0.267. The summed E-state index contributed by atoms with van der Waals surface area (Å²) >= 11 is 0. The van der Waals surface area contributed by atoms with Crippen molar-refractivity contribution in [3.05, 3.63) is 0 Å². The van der Waals surface area contributed by atoms with Gasteiger partial charge in [-0.05, 0) is 7.05 Å². The van der Waals surface area contributed by atoms with Crippen molar-refractivity contribution in [1.29, 1.82) is 0 Å². The van der Waals surface area contributed by atoms with E-state index in [1.165, 1.54) is 0 Å². The SMILES string of the molecule is CNCC[18F]. The van der Waals surface area contributed by atoms with Gasteiger partial charge in [0, 0.05) is 6.54 Å². The molecule has 0 radical (unpaired) electrons. The molecule has 0 unspecified atom stereocenters. The standard InChI is InChI=1S/C3H8FN/c1-5-3-2-4/h5H,2-3H2,1H3/i4-1. The third kappa shape index (κ3) is 3.89. The first-order valence-electron chi connectivity index (χ1n) is 1.62. The Morgan fingerprint density at radius 1 is 1.80 bits per heavy atom. The van der Waals surface area contributed by atoms with E-state index in [2.05, 4.69) is 5.32 Å². The normalized spacial score (nSPS) is 8.40. The fourth-order valence-corrected chi connectivity index (χ4v) is 0.0945. The van der Waals surface area contributed by atoms with E-state index >= 15 is 0 Å². The van der Waals surface area contributed by atoms with E-state index in [1.807, 2.05) is 0 Å².